The Bertz CT molecular complexity index is 1810. The summed E-state index contributed by atoms with van der Waals surface area (Å²) in [5.41, 5.74) is 12.4. The Morgan fingerprint density at radius 3 is 2.32 bits per heavy atom. The van der Waals surface area contributed by atoms with Crippen molar-refractivity contribution in [1.29, 1.82) is 0 Å². The van der Waals surface area contributed by atoms with Gasteiger partial charge in [-0.15, -0.1) is 0 Å². The van der Waals surface area contributed by atoms with Gasteiger partial charge in [0.1, 0.15) is 17.3 Å². The van der Waals surface area contributed by atoms with Crippen LogP contribution in [0.1, 0.15) is 28.7 Å². The second-order valence-electron chi connectivity index (χ2n) is 10.4. The van der Waals surface area contributed by atoms with Crippen LogP contribution < -0.4 is 10.5 Å². The molecule has 0 bridgehead atoms. The third kappa shape index (κ3) is 4.34. The zero-order chi connectivity index (χ0) is 27.6. The highest BCUT2D eigenvalue weighted by Gasteiger charge is 2.48. The van der Waals surface area contributed by atoms with Gasteiger partial charge in [-0.2, -0.15) is 0 Å². The SMILES string of the molecule is NC(=Nc1cccc(-c2ccccc2)n1)c1ccc2c(c1)C(c1ccccc1)(C1C=CC=CC1)c1ccccc1O2. The fraction of sp³-hybridized carbons (Fsp3) is 0.0811. The van der Waals surface area contributed by atoms with Gasteiger partial charge in [0.05, 0.1) is 11.1 Å². The predicted molar refractivity (Wildman–Crippen MR) is 166 cm³/mol. The minimum atomic E-state index is -0.478. The summed E-state index contributed by atoms with van der Waals surface area (Å²) in [6.45, 7) is 0. The van der Waals surface area contributed by atoms with Crippen molar-refractivity contribution in [3.63, 3.8) is 0 Å². The zero-order valence-electron chi connectivity index (χ0n) is 22.5. The number of hydrogen-bond donors (Lipinski definition) is 1. The van der Waals surface area contributed by atoms with E-state index in [4.69, 9.17) is 20.4 Å². The summed E-state index contributed by atoms with van der Waals surface area (Å²) in [5, 5.41) is 0. The van der Waals surface area contributed by atoms with Gasteiger partial charge in [0.2, 0.25) is 0 Å². The van der Waals surface area contributed by atoms with E-state index in [2.05, 4.69) is 78.9 Å². The van der Waals surface area contributed by atoms with Gasteiger partial charge in [-0.1, -0.05) is 109 Å². The highest BCUT2D eigenvalue weighted by atomic mass is 16.5. The Morgan fingerprint density at radius 1 is 0.756 bits per heavy atom. The van der Waals surface area contributed by atoms with Gasteiger partial charge in [0.15, 0.2) is 5.82 Å². The maximum absolute atomic E-state index is 6.69. The Hall–Kier alpha value is -5.22. The van der Waals surface area contributed by atoms with Gasteiger partial charge in [0, 0.05) is 22.3 Å². The smallest absolute Gasteiger partial charge is 0.154 e. The molecule has 1 aliphatic heterocycles. The topological polar surface area (TPSA) is 60.5 Å². The molecule has 0 spiro atoms. The Morgan fingerprint density at radius 2 is 1.51 bits per heavy atom. The molecule has 2 heterocycles. The molecule has 2 atom stereocenters. The van der Waals surface area contributed by atoms with Crippen LogP contribution in [0.4, 0.5) is 5.82 Å². The van der Waals surface area contributed by atoms with Crippen LogP contribution in [-0.4, -0.2) is 10.8 Å². The van der Waals surface area contributed by atoms with Crippen LogP contribution in [0.3, 0.4) is 0 Å². The van der Waals surface area contributed by atoms with Crippen molar-refractivity contribution in [3.05, 3.63) is 168 Å². The first-order chi connectivity index (χ1) is 20.2. The highest BCUT2D eigenvalue weighted by molar-refractivity contribution is 5.99. The third-order valence-corrected chi connectivity index (χ3v) is 8.04. The lowest BCUT2D eigenvalue weighted by Crippen LogP contribution is -2.40. The molecule has 0 radical (unpaired) electrons. The summed E-state index contributed by atoms with van der Waals surface area (Å²) in [6, 6.07) is 41.2. The van der Waals surface area contributed by atoms with Crippen molar-refractivity contribution in [2.24, 2.45) is 16.6 Å². The van der Waals surface area contributed by atoms with Gasteiger partial charge < -0.3 is 10.5 Å². The molecule has 2 aliphatic rings. The van der Waals surface area contributed by atoms with Crippen LogP contribution in [0.5, 0.6) is 11.5 Å². The molecule has 0 saturated carbocycles. The van der Waals surface area contributed by atoms with Gasteiger partial charge in [0.25, 0.3) is 0 Å². The molecular weight excluding hydrogens is 502 g/mol. The van der Waals surface area contributed by atoms with Crippen LogP contribution in [0.25, 0.3) is 11.3 Å². The second-order valence-corrected chi connectivity index (χ2v) is 10.4. The van der Waals surface area contributed by atoms with E-state index < -0.39 is 5.41 Å². The number of fused-ring (bicyclic) bond motifs is 2. The number of allylic oxidation sites excluding steroid dienone is 4. The molecule has 2 unspecified atom stereocenters. The lowest BCUT2D eigenvalue weighted by atomic mass is 9.59. The number of amidine groups is 1. The number of aromatic nitrogens is 1. The summed E-state index contributed by atoms with van der Waals surface area (Å²) in [6.07, 6.45) is 9.75. The van der Waals surface area contributed by atoms with Crippen molar-refractivity contribution in [1.82, 2.24) is 4.98 Å². The molecule has 4 heteroatoms. The van der Waals surface area contributed by atoms with Gasteiger partial charge >= 0.3 is 0 Å². The maximum Gasteiger partial charge on any atom is 0.154 e. The molecule has 0 fully saturated rings. The van der Waals surface area contributed by atoms with Gasteiger partial charge in [-0.3, -0.25) is 0 Å². The van der Waals surface area contributed by atoms with Crippen LogP contribution >= 0.6 is 0 Å². The molecular formula is C37H29N3O. The first-order valence-corrected chi connectivity index (χ1v) is 13.9. The van der Waals surface area contributed by atoms with Gasteiger partial charge in [-0.05, 0) is 54.3 Å². The number of hydrogen-bond acceptors (Lipinski definition) is 3. The molecule has 41 heavy (non-hydrogen) atoms. The maximum atomic E-state index is 6.69. The molecule has 5 aromatic rings. The van der Waals surface area contributed by atoms with E-state index in [-0.39, 0.29) is 5.92 Å². The van der Waals surface area contributed by atoms with E-state index in [0.29, 0.717) is 11.7 Å². The van der Waals surface area contributed by atoms with Crippen LogP contribution in [0.2, 0.25) is 0 Å². The zero-order valence-corrected chi connectivity index (χ0v) is 22.5. The number of benzene rings is 4. The highest BCUT2D eigenvalue weighted by Crippen LogP contribution is 2.57. The first kappa shape index (κ1) is 24.8. The lowest BCUT2D eigenvalue weighted by molar-refractivity contribution is 0.367. The molecule has 7 rings (SSSR count). The normalized spacial score (nSPS) is 19.2. The van der Waals surface area contributed by atoms with E-state index in [1.54, 1.807) is 0 Å². The summed E-state index contributed by atoms with van der Waals surface area (Å²) in [7, 11) is 0. The number of ether oxygens (including phenoxy) is 1. The summed E-state index contributed by atoms with van der Waals surface area (Å²) in [4.78, 5) is 9.53. The Labute approximate surface area is 240 Å². The number of pyridine rings is 1. The Kier molecular flexibility index (Phi) is 6.29. The average Bonchev–Trinajstić information content (AvgIpc) is 3.05. The molecule has 4 aromatic carbocycles. The Balaban J connectivity index is 1.39. The fourth-order valence-corrected chi connectivity index (χ4v) is 6.20. The van der Waals surface area contributed by atoms with Crippen molar-refractivity contribution in [2.75, 3.05) is 0 Å². The molecule has 1 aliphatic carbocycles. The molecule has 2 N–H and O–H groups in total. The first-order valence-electron chi connectivity index (χ1n) is 13.9. The molecule has 4 nitrogen and oxygen atoms in total. The number of nitrogens with two attached hydrogens (primary N) is 1. The van der Waals surface area contributed by atoms with Crippen molar-refractivity contribution >= 4 is 11.7 Å². The summed E-state index contributed by atoms with van der Waals surface area (Å²) >= 11 is 0. The second kappa shape index (κ2) is 10.4. The summed E-state index contributed by atoms with van der Waals surface area (Å²) in [5.74, 6) is 2.86. The van der Waals surface area contributed by atoms with Crippen molar-refractivity contribution in [2.45, 2.75) is 11.8 Å². The van der Waals surface area contributed by atoms with E-state index in [9.17, 15) is 0 Å². The quantitative estimate of drug-likeness (QED) is 0.183. The molecule has 198 valence electrons. The van der Waals surface area contributed by atoms with Crippen molar-refractivity contribution < 1.29 is 4.74 Å². The number of rotatable bonds is 5. The number of nitrogens with zero attached hydrogens (tertiary/aromatic N) is 2. The van der Waals surface area contributed by atoms with Crippen LogP contribution in [0, 0.1) is 5.92 Å². The van der Waals surface area contributed by atoms with E-state index in [1.807, 2.05) is 66.7 Å². The largest absolute Gasteiger partial charge is 0.457 e. The van der Waals surface area contributed by atoms with Gasteiger partial charge in [-0.25, -0.2) is 9.98 Å². The standard InChI is InChI=1S/C37H29N3O/c38-36(40-35-22-12-20-32(39-35)26-13-4-1-5-14-26)27-23-24-34-31(25-27)37(28-15-6-2-7-16-28,29-17-8-3-9-18-29)30-19-10-11-21-33(30)41-34/h1-17,19-25,29H,18H2,(H2,38,39,40). The summed E-state index contributed by atoms with van der Waals surface area (Å²) < 4.78 is 6.53. The van der Waals surface area contributed by atoms with E-state index in [0.717, 1.165) is 45.9 Å². The molecule has 1 aromatic heterocycles. The monoisotopic (exact) mass is 531 g/mol. The molecule has 0 amide bonds. The number of para-hydroxylation sites is 1. The molecule has 0 saturated heterocycles. The van der Waals surface area contributed by atoms with Crippen LogP contribution in [0.15, 0.2) is 151 Å². The fourth-order valence-electron chi connectivity index (χ4n) is 6.20. The number of aliphatic imine (C=N–C) groups is 1. The lowest BCUT2D eigenvalue weighted by Gasteiger charge is -2.45. The van der Waals surface area contributed by atoms with Crippen molar-refractivity contribution in [3.8, 4) is 22.8 Å². The van der Waals surface area contributed by atoms with E-state index in [1.165, 1.54) is 5.56 Å². The average molecular weight is 532 g/mol. The third-order valence-electron chi connectivity index (χ3n) is 8.04. The minimum Gasteiger partial charge on any atom is -0.457 e. The predicted octanol–water partition coefficient (Wildman–Crippen LogP) is 8.36. The van der Waals surface area contributed by atoms with E-state index >= 15 is 0 Å². The van der Waals surface area contributed by atoms with Crippen LogP contribution in [-0.2, 0) is 5.41 Å². The minimum absolute atomic E-state index is 0.177.